The molecule has 0 unspecified atom stereocenters. The zero-order valence-electron chi connectivity index (χ0n) is 15.7. The maximum atomic E-state index is 12.4. The first-order valence-corrected chi connectivity index (χ1v) is 9.48. The van der Waals surface area contributed by atoms with Crippen molar-refractivity contribution in [2.45, 2.75) is 45.6 Å². The van der Waals surface area contributed by atoms with E-state index in [0.717, 1.165) is 37.4 Å². The van der Waals surface area contributed by atoms with E-state index >= 15 is 0 Å². The number of hydrogen-bond acceptors (Lipinski definition) is 3. The second-order valence-electron chi connectivity index (χ2n) is 7.68. The van der Waals surface area contributed by atoms with Gasteiger partial charge in [-0.05, 0) is 74.8 Å². The van der Waals surface area contributed by atoms with Crippen LogP contribution in [0.5, 0.6) is 0 Å². The zero-order valence-corrected chi connectivity index (χ0v) is 17.3. The molecule has 26 heavy (non-hydrogen) atoms. The molecule has 1 amide bonds. The lowest BCUT2D eigenvalue weighted by Gasteiger charge is -2.30. The van der Waals surface area contributed by atoms with Gasteiger partial charge in [0.15, 0.2) is 0 Å². The Morgan fingerprint density at radius 2 is 1.77 bits per heavy atom. The van der Waals surface area contributed by atoms with Crippen LogP contribution in [0.1, 0.15) is 44.6 Å². The van der Waals surface area contributed by atoms with Gasteiger partial charge < -0.3 is 11.1 Å². The molecule has 1 saturated heterocycles. The highest BCUT2D eigenvalue weighted by Gasteiger charge is 2.31. The Hall–Kier alpha value is -0.810. The molecule has 0 radical (unpaired) electrons. The number of amides is 1. The van der Waals surface area contributed by atoms with Crippen LogP contribution in [0.25, 0.3) is 0 Å². The highest BCUT2D eigenvalue weighted by molar-refractivity contribution is 5.92. The molecule has 2 atom stereocenters. The number of carbonyl (C=O) groups excluding carboxylic acids is 1. The quantitative estimate of drug-likeness (QED) is 0.781. The molecule has 4 nitrogen and oxygen atoms in total. The van der Waals surface area contributed by atoms with E-state index in [0.29, 0.717) is 12.5 Å². The first-order valence-electron chi connectivity index (χ1n) is 9.48. The minimum Gasteiger partial charge on any atom is -0.330 e. The van der Waals surface area contributed by atoms with Gasteiger partial charge in [0.25, 0.3) is 0 Å². The maximum Gasteiger partial charge on any atom is 0.227 e. The molecular weight excluding hydrogens is 369 g/mol. The molecule has 1 aliphatic carbocycles. The molecular formula is C20H33Cl2N3O. The number of nitrogens with zero attached hydrogens (tertiary/aromatic N) is 1. The Balaban J connectivity index is 0.00000169. The first kappa shape index (κ1) is 23.2. The average Bonchev–Trinajstić information content (AvgIpc) is 3.07. The highest BCUT2D eigenvalue weighted by Crippen LogP contribution is 2.31. The molecule has 1 heterocycles. The van der Waals surface area contributed by atoms with Gasteiger partial charge in [-0.25, -0.2) is 0 Å². The van der Waals surface area contributed by atoms with Crippen molar-refractivity contribution in [1.29, 1.82) is 0 Å². The summed E-state index contributed by atoms with van der Waals surface area (Å²) in [5, 5.41) is 3.08. The number of rotatable bonds is 5. The van der Waals surface area contributed by atoms with E-state index in [2.05, 4.69) is 29.3 Å². The molecule has 3 rings (SSSR count). The average molecular weight is 402 g/mol. The number of likely N-dealkylation sites (tertiary alicyclic amines) is 1. The van der Waals surface area contributed by atoms with Crippen LogP contribution in [-0.2, 0) is 11.3 Å². The zero-order chi connectivity index (χ0) is 16.9. The van der Waals surface area contributed by atoms with Gasteiger partial charge in [0.2, 0.25) is 5.91 Å². The van der Waals surface area contributed by atoms with Gasteiger partial charge in [0.05, 0.1) is 0 Å². The van der Waals surface area contributed by atoms with Crippen LogP contribution >= 0.6 is 24.8 Å². The third-order valence-corrected chi connectivity index (χ3v) is 5.80. The fourth-order valence-corrected chi connectivity index (χ4v) is 4.07. The molecule has 0 bridgehead atoms. The van der Waals surface area contributed by atoms with E-state index in [1.807, 2.05) is 12.1 Å². The Morgan fingerprint density at radius 1 is 1.12 bits per heavy atom. The molecule has 6 heteroatoms. The standard InChI is InChI=1S/C20H31N3O.2ClH/c1-15-9-11-23(12-10-15)14-16-5-7-18(8-6-16)22-20(24)19-4-2-3-17(19)13-21;;/h5-8,15,17,19H,2-4,9-14,21H2,1H3,(H,22,24);2*1H/t17-,19-;;/m1../s1. The lowest BCUT2D eigenvalue weighted by molar-refractivity contribution is -0.120. The van der Waals surface area contributed by atoms with Gasteiger partial charge in [0, 0.05) is 18.2 Å². The van der Waals surface area contributed by atoms with Crippen LogP contribution in [0.3, 0.4) is 0 Å². The fourth-order valence-electron chi connectivity index (χ4n) is 4.07. The minimum atomic E-state index is 0. The Kier molecular flexibility index (Phi) is 9.94. The summed E-state index contributed by atoms with van der Waals surface area (Å²) >= 11 is 0. The van der Waals surface area contributed by atoms with Crippen LogP contribution in [0.2, 0.25) is 0 Å². The molecule has 3 N–H and O–H groups in total. The summed E-state index contributed by atoms with van der Waals surface area (Å²) in [6, 6.07) is 8.35. The number of nitrogens with one attached hydrogen (secondary N) is 1. The van der Waals surface area contributed by atoms with E-state index in [1.165, 1.54) is 31.5 Å². The molecule has 1 saturated carbocycles. The molecule has 1 aromatic carbocycles. The maximum absolute atomic E-state index is 12.4. The van der Waals surface area contributed by atoms with Crippen LogP contribution in [0.4, 0.5) is 5.69 Å². The van der Waals surface area contributed by atoms with Crippen molar-refractivity contribution in [3.05, 3.63) is 29.8 Å². The van der Waals surface area contributed by atoms with E-state index in [-0.39, 0.29) is 36.6 Å². The largest absolute Gasteiger partial charge is 0.330 e. The Morgan fingerprint density at radius 3 is 2.38 bits per heavy atom. The number of benzene rings is 1. The molecule has 1 aliphatic heterocycles. The topological polar surface area (TPSA) is 58.4 Å². The van der Waals surface area contributed by atoms with Crippen molar-refractivity contribution in [1.82, 2.24) is 4.90 Å². The summed E-state index contributed by atoms with van der Waals surface area (Å²) < 4.78 is 0. The predicted octanol–water partition coefficient (Wildman–Crippen LogP) is 4.08. The molecule has 0 spiro atoms. The first-order chi connectivity index (χ1) is 11.7. The van der Waals surface area contributed by atoms with Crippen molar-refractivity contribution in [3.8, 4) is 0 Å². The summed E-state index contributed by atoms with van der Waals surface area (Å²) in [4.78, 5) is 15.0. The Labute approximate surface area is 170 Å². The SMILES string of the molecule is CC1CCN(Cc2ccc(NC(=O)[C@@H]3CCC[C@@H]3CN)cc2)CC1.Cl.Cl. The number of anilines is 1. The smallest absolute Gasteiger partial charge is 0.227 e. The van der Waals surface area contributed by atoms with E-state index in [4.69, 9.17) is 5.73 Å². The van der Waals surface area contributed by atoms with Gasteiger partial charge in [-0.1, -0.05) is 25.5 Å². The highest BCUT2D eigenvalue weighted by atomic mass is 35.5. The number of nitrogens with two attached hydrogens (primary N) is 1. The van der Waals surface area contributed by atoms with Crippen molar-refractivity contribution in [2.75, 3.05) is 25.0 Å². The second kappa shape index (κ2) is 11.1. The summed E-state index contributed by atoms with van der Waals surface area (Å²) in [5.41, 5.74) is 8.01. The van der Waals surface area contributed by atoms with Crippen molar-refractivity contribution in [2.24, 2.45) is 23.5 Å². The predicted molar refractivity (Wildman–Crippen MR) is 113 cm³/mol. The molecule has 0 aromatic heterocycles. The van der Waals surface area contributed by atoms with Gasteiger partial charge in [0.1, 0.15) is 0 Å². The number of carbonyl (C=O) groups is 1. The fraction of sp³-hybridized carbons (Fsp3) is 0.650. The monoisotopic (exact) mass is 401 g/mol. The van der Waals surface area contributed by atoms with Crippen LogP contribution < -0.4 is 11.1 Å². The normalized spacial score (nSPS) is 23.8. The summed E-state index contributed by atoms with van der Waals surface area (Å²) in [7, 11) is 0. The van der Waals surface area contributed by atoms with E-state index < -0.39 is 0 Å². The third kappa shape index (κ3) is 6.12. The molecule has 2 aliphatic rings. The van der Waals surface area contributed by atoms with Gasteiger partial charge in [-0.15, -0.1) is 24.8 Å². The van der Waals surface area contributed by atoms with E-state index in [9.17, 15) is 4.79 Å². The third-order valence-electron chi connectivity index (χ3n) is 5.80. The van der Waals surface area contributed by atoms with Crippen molar-refractivity contribution < 1.29 is 4.79 Å². The minimum absolute atomic E-state index is 0. The van der Waals surface area contributed by atoms with Gasteiger partial charge in [-0.2, -0.15) is 0 Å². The summed E-state index contributed by atoms with van der Waals surface area (Å²) in [6.45, 7) is 6.36. The van der Waals surface area contributed by atoms with Crippen LogP contribution in [0.15, 0.2) is 24.3 Å². The van der Waals surface area contributed by atoms with Crippen molar-refractivity contribution in [3.63, 3.8) is 0 Å². The second-order valence-corrected chi connectivity index (χ2v) is 7.68. The molecule has 148 valence electrons. The van der Waals surface area contributed by atoms with Crippen molar-refractivity contribution >= 4 is 36.4 Å². The van der Waals surface area contributed by atoms with Gasteiger partial charge in [-0.3, -0.25) is 9.69 Å². The van der Waals surface area contributed by atoms with Crippen LogP contribution in [-0.4, -0.2) is 30.4 Å². The number of halogens is 2. The summed E-state index contributed by atoms with van der Waals surface area (Å²) in [6.07, 6.45) is 5.78. The Bertz CT molecular complexity index is 544. The lowest BCUT2D eigenvalue weighted by atomic mass is 9.95. The van der Waals surface area contributed by atoms with Gasteiger partial charge >= 0.3 is 0 Å². The summed E-state index contributed by atoms with van der Waals surface area (Å²) in [5.74, 6) is 1.45. The lowest BCUT2D eigenvalue weighted by Crippen LogP contribution is -2.32. The number of hydrogen-bond donors (Lipinski definition) is 2. The van der Waals surface area contributed by atoms with E-state index in [1.54, 1.807) is 0 Å². The van der Waals surface area contributed by atoms with Crippen LogP contribution in [0, 0.1) is 17.8 Å². The number of piperidine rings is 1. The molecule has 1 aromatic rings. The molecule has 2 fully saturated rings.